The number of nitrogens with zero attached hydrogens (tertiary/aromatic N) is 3. The van der Waals surface area contributed by atoms with E-state index in [0.717, 1.165) is 22.2 Å². The molecule has 0 spiro atoms. The molecule has 2 aromatic heterocycles. The first-order valence-electron chi connectivity index (χ1n) is 9.83. The Bertz CT molecular complexity index is 1540. The minimum Gasteiger partial charge on any atom is -0.267 e. The van der Waals surface area contributed by atoms with Crippen molar-refractivity contribution in [2.75, 3.05) is 0 Å². The highest BCUT2D eigenvalue weighted by molar-refractivity contribution is 5.80. The lowest BCUT2D eigenvalue weighted by molar-refractivity contribution is -0.658. The first-order chi connectivity index (χ1) is 14.7. The van der Waals surface area contributed by atoms with Crippen LogP contribution in [-0.4, -0.2) is 14.5 Å². The predicted molar refractivity (Wildman–Crippen MR) is 113 cm³/mol. The topological polar surface area (TPSA) is 71.6 Å². The Balaban J connectivity index is 1.84. The van der Waals surface area contributed by atoms with Gasteiger partial charge in [-0.25, -0.2) is 14.3 Å². The summed E-state index contributed by atoms with van der Waals surface area (Å²) in [6.45, 7) is 0. The van der Waals surface area contributed by atoms with E-state index in [2.05, 4.69) is 26.7 Å². The number of benzene rings is 3. The molecule has 1 N–H and O–H groups in total. The Labute approximate surface area is 170 Å². The second-order valence-corrected chi connectivity index (χ2v) is 7.48. The number of fused-ring (bicyclic) bond motifs is 2. The molecule has 0 aliphatic carbocycles. The normalized spacial score (nSPS) is 17.6. The maximum absolute atomic E-state index is 13.1. The molecule has 0 saturated carbocycles. The van der Waals surface area contributed by atoms with Crippen molar-refractivity contribution in [3.63, 3.8) is 0 Å². The van der Waals surface area contributed by atoms with Crippen LogP contribution in [0.25, 0.3) is 22.2 Å². The van der Waals surface area contributed by atoms with Gasteiger partial charge in [0.2, 0.25) is 5.52 Å². The van der Waals surface area contributed by atoms with Crippen molar-refractivity contribution < 1.29 is 4.57 Å². The molecule has 0 bridgehead atoms. The van der Waals surface area contributed by atoms with E-state index in [4.69, 9.17) is 0 Å². The monoisotopic (exact) mass is 393 g/mol. The summed E-state index contributed by atoms with van der Waals surface area (Å²) in [6.07, 6.45) is 0. The fourth-order valence-electron chi connectivity index (χ4n) is 4.64. The molecule has 0 radical (unpaired) electrons. The predicted octanol–water partition coefficient (Wildman–Crippen LogP) is 2.72. The fraction of sp³-hybridized carbons (Fsp3) is 0.0833. The SMILES string of the molecule is O=c1[nH]c(=O)n2c3c1nc1ccccc1[n+]3[C@@H](c1ccccc1)[C@@H]2c1ccccc1. The average molecular weight is 393 g/mol. The van der Waals surface area contributed by atoms with Gasteiger partial charge in [0.05, 0.1) is 0 Å². The standard InChI is InChI=1S/C24H16N4O2/c29-22-19-23-27(18-14-8-7-13-17(18)25-19)20(15-9-3-1-4-10-15)21(28(23)24(30)26-22)16-11-5-2-6-12-16/h1-14,20-21H/p+1/t20-,21-/m0/s1. The van der Waals surface area contributed by atoms with Crippen molar-refractivity contribution in [3.8, 4) is 0 Å². The molecule has 6 rings (SSSR count). The second-order valence-electron chi connectivity index (χ2n) is 7.48. The van der Waals surface area contributed by atoms with E-state index in [1.54, 1.807) is 4.57 Å². The van der Waals surface area contributed by atoms with E-state index >= 15 is 0 Å². The minimum absolute atomic E-state index is 0.202. The zero-order chi connectivity index (χ0) is 20.2. The van der Waals surface area contributed by atoms with E-state index in [1.807, 2.05) is 72.8 Å². The third-order valence-corrected chi connectivity index (χ3v) is 5.83. The lowest BCUT2D eigenvalue weighted by Gasteiger charge is -2.18. The molecule has 3 aromatic carbocycles. The Hall–Kier alpha value is -4.06. The van der Waals surface area contributed by atoms with Gasteiger partial charge in [-0.2, -0.15) is 4.57 Å². The number of nitrogens with one attached hydrogen (secondary N) is 1. The molecule has 0 unspecified atom stereocenters. The molecule has 1 aliphatic rings. The lowest BCUT2D eigenvalue weighted by Crippen LogP contribution is -2.41. The van der Waals surface area contributed by atoms with Crippen LogP contribution >= 0.6 is 0 Å². The molecule has 6 heteroatoms. The Morgan fingerprint density at radius 1 is 0.800 bits per heavy atom. The van der Waals surface area contributed by atoms with Crippen LogP contribution in [0.4, 0.5) is 0 Å². The highest BCUT2D eigenvalue weighted by Crippen LogP contribution is 2.38. The van der Waals surface area contributed by atoms with Crippen molar-refractivity contribution in [2.24, 2.45) is 0 Å². The summed E-state index contributed by atoms with van der Waals surface area (Å²) in [5.74, 6) is 0. The van der Waals surface area contributed by atoms with Gasteiger partial charge in [-0.05, 0) is 12.1 Å². The van der Waals surface area contributed by atoms with Gasteiger partial charge in [-0.15, -0.1) is 0 Å². The van der Waals surface area contributed by atoms with Crippen LogP contribution in [0.15, 0.2) is 94.5 Å². The van der Waals surface area contributed by atoms with Crippen LogP contribution in [0.2, 0.25) is 0 Å². The highest BCUT2D eigenvalue weighted by atomic mass is 16.2. The summed E-state index contributed by atoms with van der Waals surface area (Å²) in [7, 11) is 0. The van der Waals surface area contributed by atoms with Crippen molar-refractivity contribution >= 4 is 22.2 Å². The van der Waals surface area contributed by atoms with Crippen molar-refractivity contribution in [1.29, 1.82) is 0 Å². The Kier molecular flexibility index (Phi) is 3.49. The molecular weight excluding hydrogens is 376 g/mol. The average Bonchev–Trinajstić information content (AvgIpc) is 3.16. The van der Waals surface area contributed by atoms with Crippen molar-refractivity contribution in [3.05, 3.63) is 117 Å². The van der Waals surface area contributed by atoms with Gasteiger partial charge in [0.1, 0.15) is 5.52 Å². The highest BCUT2D eigenvalue weighted by Gasteiger charge is 2.46. The summed E-state index contributed by atoms with van der Waals surface area (Å²) in [5.41, 5.74) is 3.58. The number of para-hydroxylation sites is 2. The van der Waals surface area contributed by atoms with Gasteiger partial charge in [0.15, 0.2) is 17.6 Å². The summed E-state index contributed by atoms with van der Waals surface area (Å²) in [4.78, 5) is 32.9. The Morgan fingerprint density at radius 3 is 2.17 bits per heavy atom. The zero-order valence-corrected chi connectivity index (χ0v) is 15.9. The smallest absolute Gasteiger partial charge is 0.267 e. The molecule has 0 fully saturated rings. The first-order valence-corrected chi connectivity index (χ1v) is 9.83. The summed E-state index contributed by atoms with van der Waals surface area (Å²) in [6, 6.07) is 27.2. The van der Waals surface area contributed by atoms with E-state index < -0.39 is 11.2 Å². The molecule has 30 heavy (non-hydrogen) atoms. The molecule has 5 aromatic rings. The number of hydrogen-bond donors (Lipinski definition) is 1. The van der Waals surface area contributed by atoms with Gasteiger partial charge in [0, 0.05) is 11.1 Å². The molecule has 144 valence electrons. The molecule has 2 atom stereocenters. The molecule has 0 amide bonds. The maximum Gasteiger partial charge on any atom is 0.416 e. The van der Waals surface area contributed by atoms with Crippen LogP contribution < -0.4 is 15.8 Å². The molecule has 6 nitrogen and oxygen atoms in total. The number of aromatic nitrogens is 4. The summed E-state index contributed by atoms with van der Waals surface area (Å²) < 4.78 is 3.78. The Morgan fingerprint density at radius 2 is 1.43 bits per heavy atom. The van der Waals surface area contributed by atoms with Crippen molar-refractivity contribution in [1.82, 2.24) is 14.5 Å². The third kappa shape index (κ3) is 2.24. The number of hydrogen-bond acceptors (Lipinski definition) is 3. The van der Waals surface area contributed by atoms with E-state index in [9.17, 15) is 9.59 Å². The molecule has 3 heterocycles. The molecule has 1 aliphatic heterocycles. The first kappa shape index (κ1) is 16.9. The van der Waals surface area contributed by atoms with Gasteiger partial charge >= 0.3 is 11.3 Å². The number of H-pyrrole nitrogens is 1. The van der Waals surface area contributed by atoms with E-state index in [0.29, 0.717) is 5.65 Å². The van der Waals surface area contributed by atoms with Gasteiger partial charge in [-0.3, -0.25) is 9.78 Å². The van der Waals surface area contributed by atoms with Crippen LogP contribution in [0.1, 0.15) is 23.2 Å². The summed E-state index contributed by atoms with van der Waals surface area (Å²) in [5, 5.41) is 0. The van der Waals surface area contributed by atoms with Crippen LogP contribution in [0, 0.1) is 0 Å². The zero-order valence-electron chi connectivity index (χ0n) is 15.9. The van der Waals surface area contributed by atoms with Gasteiger partial charge < -0.3 is 0 Å². The molecular formula is C24H17N4O2+. The maximum atomic E-state index is 13.1. The van der Waals surface area contributed by atoms with Crippen LogP contribution in [-0.2, 0) is 0 Å². The van der Waals surface area contributed by atoms with Gasteiger partial charge in [-0.1, -0.05) is 72.8 Å². The number of rotatable bonds is 2. The van der Waals surface area contributed by atoms with Gasteiger partial charge in [0.25, 0.3) is 5.56 Å². The largest absolute Gasteiger partial charge is 0.416 e. The number of aromatic amines is 1. The van der Waals surface area contributed by atoms with Crippen LogP contribution in [0.3, 0.4) is 0 Å². The van der Waals surface area contributed by atoms with E-state index in [1.165, 1.54) is 0 Å². The van der Waals surface area contributed by atoms with E-state index in [-0.39, 0.29) is 17.6 Å². The summed E-state index contributed by atoms with van der Waals surface area (Å²) >= 11 is 0. The lowest BCUT2D eigenvalue weighted by atomic mass is 9.94. The quantitative estimate of drug-likeness (QED) is 0.370. The molecule has 0 saturated heterocycles. The second kappa shape index (κ2) is 6.22. The van der Waals surface area contributed by atoms with Crippen molar-refractivity contribution in [2.45, 2.75) is 12.1 Å². The third-order valence-electron chi connectivity index (χ3n) is 5.83. The van der Waals surface area contributed by atoms with Crippen LogP contribution in [0.5, 0.6) is 0 Å². The minimum atomic E-state index is -0.466. The fourth-order valence-corrected chi connectivity index (χ4v) is 4.64.